The fraction of sp³-hybridized carbons (Fsp3) is 0.316. The van der Waals surface area contributed by atoms with Gasteiger partial charge in [-0.1, -0.05) is 102 Å². The molecule has 2 nitrogen and oxygen atoms in total. The average Bonchev–Trinajstić information content (AvgIpc) is 3.01. The molecule has 0 bridgehead atoms. The molecule has 0 radical (unpaired) electrons. The van der Waals surface area contributed by atoms with E-state index in [-0.39, 0.29) is 11.6 Å². The number of hydrogen-bond donors (Lipinski definition) is 0. The van der Waals surface area contributed by atoms with Gasteiger partial charge in [0.15, 0.2) is 11.6 Å². The number of hydrogen-bond acceptors (Lipinski definition) is 2. The summed E-state index contributed by atoms with van der Waals surface area (Å²) in [4.78, 5) is 28.8. The predicted molar refractivity (Wildman–Crippen MR) is 167 cm³/mol. The first-order valence-electron chi connectivity index (χ1n) is 15.1. The van der Waals surface area contributed by atoms with Gasteiger partial charge >= 0.3 is 0 Å². The van der Waals surface area contributed by atoms with Crippen molar-refractivity contribution in [3.8, 4) is 22.3 Å². The summed E-state index contributed by atoms with van der Waals surface area (Å²) in [6.07, 6.45) is 5.40. The van der Waals surface area contributed by atoms with Gasteiger partial charge in [-0.15, -0.1) is 0 Å². The normalized spacial score (nSPS) is 12.4. The maximum Gasteiger partial charge on any atom is 0.195 e. The van der Waals surface area contributed by atoms with Gasteiger partial charge in [0.25, 0.3) is 0 Å². The molecule has 204 valence electrons. The Morgan fingerprint density at radius 3 is 1.00 bits per heavy atom. The minimum atomic E-state index is -0.0491. The highest BCUT2D eigenvalue weighted by molar-refractivity contribution is 6.32. The summed E-state index contributed by atoms with van der Waals surface area (Å²) in [6, 6.07) is 20.7. The van der Waals surface area contributed by atoms with Gasteiger partial charge in [0.2, 0.25) is 0 Å². The van der Waals surface area contributed by atoms with E-state index in [0.717, 1.165) is 60.8 Å². The van der Waals surface area contributed by atoms with Crippen molar-refractivity contribution in [3.05, 3.63) is 116 Å². The van der Waals surface area contributed by atoms with E-state index in [9.17, 15) is 9.59 Å². The van der Waals surface area contributed by atoms with Gasteiger partial charge in [0.05, 0.1) is 0 Å². The van der Waals surface area contributed by atoms with Crippen LogP contribution in [0.25, 0.3) is 22.3 Å². The van der Waals surface area contributed by atoms with E-state index < -0.39 is 0 Å². The van der Waals surface area contributed by atoms with Gasteiger partial charge in [-0.05, 0) is 94.2 Å². The Kier molecular flexibility index (Phi) is 7.90. The van der Waals surface area contributed by atoms with Crippen LogP contribution in [0.1, 0.15) is 107 Å². The predicted octanol–water partition coefficient (Wildman–Crippen LogP) is 9.17. The first-order chi connectivity index (χ1) is 19.4. The number of carbonyl (C=O) groups is 2. The highest BCUT2D eigenvalue weighted by Crippen LogP contribution is 2.44. The monoisotopic (exact) mass is 528 g/mol. The summed E-state index contributed by atoms with van der Waals surface area (Å²) in [5.41, 5.74) is 13.8. The molecule has 0 atom stereocenters. The molecule has 0 amide bonds. The van der Waals surface area contributed by atoms with Crippen molar-refractivity contribution in [1.29, 1.82) is 0 Å². The van der Waals surface area contributed by atoms with Crippen molar-refractivity contribution in [2.75, 3.05) is 0 Å². The van der Waals surface area contributed by atoms with Crippen LogP contribution in [0.4, 0.5) is 0 Å². The van der Waals surface area contributed by atoms with E-state index >= 15 is 0 Å². The quantitative estimate of drug-likeness (QED) is 0.201. The van der Waals surface area contributed by atoms with E-state index in [1.54, 1.807) is 0 Å². The molecule has 4 aromatic rings. The largest absolute Gasteiger partial charge is 0.289 e. The van der Waals surface area contributed by atoms with E-state index in [2.05, 4.69) is 77.9 Å². The van der Waals surface area contributed by atoms with Crippen LogP contribution >= 0.6 is 0 Å². The summed E-state index contributed by atoms with van der Waals surface area (Å²) in [7, 11) is 0. The highest BCUT2D eigenvalue weighted by atomic mass is 16.1. The number of rotatable bonds is 8. The summed E-state index contributed by atoms with van der Waals surface area (Å²) in [5, 5.41) is 0. The molecule has 1 aliphatic carbocycles. The number of ketones is 2. The zero-order valence-electron chi connectivity index (χ0n) is 24.8. The summed E-state index contributed by atoms with van der Waals surface area (Å²) in [6.45, 7) is 13.1. The first-order valence-corrected chi connectivity index (χ1v) is 15.1. The van der Waals surface area contributed by atoms with Crippen LogP contribution in [-0.4, -0.2) is 11.6 Å². The average molecular weight is 529 g/mol. The third-order valence-corrected chi connectivity index (χ3v) is 8.68. The molecule has 0 spiro atoms. The van der Waals surface area contributed by atoms with Crippen molar-refractivity contribution in [1.82, 2.24) is 0 Å². The summed E-state index contributed by atoms with van der Waals surface area (Å²) in [5.74, 6) is -0.0981. The van der Waals surface area contributed by atoms with Crippen molar-refractivity contribution >= 4 is 11.6 Å². The molecule has 0 saturated heterocycles. The van der Waals surface area contributed by atoms with Crippen LogP contribution in [0, 0.1) is 0 Å². The van der Waals surface area contributed by atoms with Gasteiger partial charge in [-0.2, -0.15) is 0 Å². The van der Waals surface area contributed by atoms with Gasteiger partial charge < -0.3 is 0 Å². The fourth-order valence-corrected chi connectivity index (χ4v) is 6.53. The lowest BCUT2D eigenvalue weighted by Crippen LogP contribution is -2.23. The van der Waals surface area contributed by atoms with E-state index in [1.807, 2.05) is 24.3 Å². The van der Waals surface area contributed by atoms with Crippen LogP contribution in [0.2, 0.25) is 0 Å². The molecule has 0 aliphatic heterocycles. The van der Waals surface area contributed by atoms with E-state index in [0.29, 0.717) is 22.3 Å². The molecular weight excluding hydrogens is 488 g/mol. The second-order valence-electron chi connectivity index (χ2n) is 10.8. The third kappa shape index (κ3) is 4.44. The van der Waals surface area contributed by atoms with Gasteiger partial charge in [-0.3, -0.25) is 9.59 Å². The molecule has 0 unspecified atom stereocenters. The minimum absolute atomic E-state index is 0.0491. The highest BCUT2D eigenvalue weighted by Gasteiger charge is 2.35. The second-order valence-corrected chi connectivity index (χ2v) is 10.8. The van der Waals surface area contributed by atoms with Gasteiger partial charge in [0, 0.05) is 22.3 Å². The molecule has 1 aliphatic rings. The Morgan fingerprint density at radius 2 is 0.725 bits per heavy atom. The lowest BCUT2D eigenvalue weighted by molar-refractivity contribution is 0.0980. The molecule has 0 N–H and O–H groups in total. The topological polar surface area (TPSA) is 34.1 Å². The van der Waals surface area contributed by atoms with E-state index in [4.69, 9.17) is 0 Å². The molecule has 0 heterocycles. The summed E-state index contributed by atoms with van der Waals surface area (Å²) >= 11 is 0. The second kappa shape index (κ2) is 11.4. The molecule has 2 heteroatoms. The minimum Gasteiger partial charge on any atom is -0.289 e. The smallest absolute Gasteiger partial charge is 0.195 e. The zero-order chi connectivity index (χ0) is 28.6. The molecule has 0 fully saturated rings. The third-order valence-electron chi connectivity index (χ3n) is 8.68. The number of fused-ring (bicyclic) bond motifs is 2. The Bertz CT molecular complexity index is 1460. The Morgan fingerprint density at radius 1 is 0.400 bits per heavy atom. The fourth-order valence-electron chi connectivity index (χ4n) is 6.53. The SMILES string of the molecule is CCc1cc(CC)c(-c2ccc(-c3c(CC)cc(CC)cc3CC)c3c2C(=O)c2ccccc2C3=O)c(CC)c1. The number of carbonyl (C=O) groups excluding carboxylic acids is 2. The Hall–Kier alpha value is -3.78. The van der Waals surface area contributed by atoms with E-state index in [1.165, 1.54) is 33.4 Å². The van der Waals surface area contributed by atoms with Crippen molar-refractivity contribution < 1.29 is 9.59 Å². The van der Waals surface area contributed by atoms with Crippen LogP contribution < -0.4 is 0 Å². The zero-order valence-corrected chi connectivity index (χ0v) is 24.8. The van der Waals surface area contributed by atoms with Crippen LogP contribution in [0.15, 0.2) is 60.7 Å². The van der Waals surface area contributed by atoms with Crippen molar-refractivity contribution in [2.24, 2.45) is 0 Å². The summed E-state index contributed by atoms with van der Waals surface area (Å²) < 4.78 is 0. The molecule has 0 saturated carbocycles. The first kappa shape index (κ1) is 27.8. The van der Waals surface area contributed by atoms with Crippen LogP contribution in [-0.2, 0) is 38.5 Å². The lowest BCUT2D eigenvalue weighted by Gasteiger charge is -2.27. The molecule has 5 rings (SSSR count). The maximum absolute atomic E-state index is 14.4. The Balaban J connectivity index is 1.92. The standard InChI is InChI=1S/C38H40O2/c1-7-23-19-25(9-3)33(26(10-4)20-23)31-17-18-32(34-27(11-5)21-24(8-2)22-28(34)12-6)36-35(31)37(39)29-15-13-14-16-30(29)38(36)40/h13-22H,7-12H2,1-6H3. The van der Waals surface area contributed by atoms with Crippen LogP contribution in [0.5, 0.6) is 0 Å². The number of aryl methyl sites for hydroxylation is 6. The molecular formula is C38H40O2. The maximum atomic E-state index is 14.4. The molecule has 0 aromatic heterocycles. The number of benzene rings is 4. The molecule has 4 aromatic carbocycles. The van der Waals surface area contributed by atoms with Crippen molar-refractivity contribution in [3.63, 3.8) is 0 Å². The van der Waals surface area contributed by atoms with Crippen molar-refractivity contribution in [2.45, 2.75) is 80.1 Å². The van der Waals surface area contributed by atoms with Gasteiger partial charge in [0.1, 0.15) is 0 Å². The Labute approximate surface area is 239 Å². The van der Waals surface area contributed by atoms with Gasteiger partial charge in [-0.25, -0.2) is 0 Å². The lowest BCUT2D eigenvalue weighted by atomic mass is 9.74. The van der Waals surface area contributed by atoms with Crippen LogP contribution in [0.3, 0.4) is 0 Å². The molecule has 40 heavy (non-hydrogen) atoms.